The van der Waals surface area contributed by atoms with Crippen molar-refractivity contribution >= 4 is 23.6 Å². The highest BCUT2D eigenvalue weighted by molar-refractivity contribution is 7.99. The molecule has 21 heavy (non-hydrogen) atoms. The average Bonchev–Trinajstić information content (AvgIpc) is 2.43. The zero-order valence-corrected chi connectivity index (χ0v) is 13.4. The van der Waals surface area contributed by atoms with Crippen molar-refractivity contribution in [1.29, 1.82) is 0 Å². The van der Waals surface area contributed by atoms with Crippen molar-refractivity contribution in [3.8, 4) is 0 Å². The Labute approximate surface area is 130 Å². The monoisotopic (exact) mass is 309 g/mol. The minimum Gasteiger partial charge on any atom is -0.481 e. The fourth-order valence-electron chi connectivity index (χ4n) is 1.87. The van der Waals surface area contributed by atoms with Crippen molar-refractivity contribution in [3.05, 3.63) is 35.4 Å². The van der Waals surface area contributed by atoms with Crippen molar-refractivity contribution in [2.45, 2.75) is 32.4 Å². The van der Waals surface area contributed by atoms with E-state index in [9.17, 15) is 9.59 Å². The standard InChI is InChI=1S/C16H23NO3S/c1-12-4-3-5-14(8-12)10-21-11-15(18)17-9-13(2)6-7-16(19)20/h3-5,8,13H,6-7,9-11H2,1-2H3,(H,17,18)(H,19,20). The largest absolute Gasteiger partial charge is 0.481 e. The number of benzene rings is 1. The normalized spacial score (nSPS) is 11.9. The number of nitrogens with one attached hydrogen (secondary N) is 1. The van der Waals surface area contributed by atoms with Crippen LogP contribution >= 0.6 is 11.8 Å². The summed E-state index contributed by atoms with van der Waals surface area (Å²) >= 11 is 1.59. The zero-order chi connectivity index (χ0) is 15.7. The maximum Gasteiger partial charge on any atom is 0.303 e. The molecule has 0 aliphatic heterocycles. The number of aryl methyl sites for hydroxylation is 1. The molecule has 1 amide bonds. The van der Waals surface area contributed by atoms with Gasteiger partial charge < -0.3 is 10.4 Å². The number of hydrogen-bond acceptors (Lipinski definition) is 3. The van der Waals surface area contributed by atoms with Crippen LogP contribution in [0.5, 0.6) is 0 Å². The first-order chi connectivity index (χ1) is 9.97. The molecule has 0 bridgehead atoms. The van der Waals surface area contributed by atoms with Gasteiger partial charge in [-0.15, -0.1) is 11.8 Å². The third-order valence-electron chi connectivity index (χ3n) is 3.08. The average molecular weight is 309 g/mol. The molecule has 0 saturated heterocycles. The van der Waals surface area contributed by atoms with E-state index in [1.165, 1.54) is 11.1 Å². The number of carbonyl (C=O) groups excluding carboxylic acids is 1. The summed E-state index contributed by atoms with van der Waals surface area (Å²) in [5.41, 5.74) is 2.45. The second kappa shape index (κ2) is 9.45. The molecule has 0 aliphatic rings. The maximum absolute atomic E-state index is 11.7. The van der Waals surface area contributed by atoms with Crippen LogP contribution < -0.4 is 5.32 Å². The third-order valence-corrected chi connectivity index (χ3v) is 4.09. The van der Waals surface area contributed by atoms with E-state index < -0.39 is 5.97 Å². The van der Waals surface area contributed by atoms with Gasteiger partial charge in [0.25, 0.3) is 0 Å². The molecule has 1 rings (SSSR count). The lowest BCUT2D eigenvalue weighted by atomic mass is 10.1. The van der Waals surface area contributed by atoms with Crippen molar-refractivity contribution < 1.29 is 14.7 Å². The van der Waals surface area contributed by atoms with Gasteiger partial charge in [0.05, 0.1) is 5.75 Å². The smallest absolute Gasteiger partial charge is 0.303 e. The van der Waals surface area contributed by atoms with Gasteiger partial charge in [-0.1, -0.05) is 36.8 Å². The van der Waals surface area contributed by atoms with Crippen LogP contribution in [0.15, 0.2) is 24.3 Å². The molecular formula is C16H23NO3S. The second-order valence-corrected chi connectivity index (χ2v) is 6.31. The molecule has 0 spiro atoms. The third kappa shape index (κ3) is 8.40. The SMILES string of the molecule is Cc1cccc(CSCC(=O)NCC(C)CCC(=O)O)c1. The van der Waals surface area contributed by atoms with Crippen LogP contribution in [0.3, 0.4) is 0 Å². The van der Waals surface area contributed by atoms with Crippen molar-refractivity contribution in [2.75, 3.05) is 12.3 Å². The lowest BCUT2D eigenvalue weighted by molar-refractivity contribution is -0.137. The fourth-order valence-corrected chi connectivity index (χ4v) is 2.68. The molecule has 4 nitrogen and oxygen atoms in total. The van der Waals surface area contributed by atoms with Crippen LogP contribution in [0.2, 0.25) is 0 Å². The molecule has 0 heterocycles. The van der Waals surface area contributed by atoms with Crippen LogP contribution in [0, 0.1) is 12.8 Å². The van der Waals surface area contributed by atoms with Crippen molar-refractivity contribution in [2.24, 2.45) is 5.92 Å². The lowest BCUT2D eigenvalue weighted by Crippen LogP contribution is -2.29. The van der Waals surface area contributed by atoms with Crippen LogP contribution in [0.1, 0.15) is 30.9 Å². The minimum absolute atomic E-state index is 0.00910. The van der Waals surface area contributed by atoms with Gasteiger partial charge in [0.2, 0.25) is 5.91 Å². The van der Waals surface area contributed by atoms with Gasteiger partial charge in [0.1, 0.15) is 0 Å². The molecule has 0 aromatic heterocycles. The minimum atomic E-state index is -0.790. The van der Waals surface area contributed by atoms with Gasteiger partial charge in [0, 0.05) is 18.7 Å². The molecular weight excluding hydrogens is 286 g/mol. The highest BCUT2D eigenvalue weighted by Gasteiger charge is 2.08. The van der Waals surface area contributed by atoms with Gasteiger partial charge >= 0.3 is 5.97 Å². The molecule has 1 unspecified atom stereocenters. The molecule has 0 radical (unpaired) electrons. The summed E-state index contributed by atoms with van der Waals surface area (Å²) < 4.78 is 0. The van der Waals surface area contributed by atoms with E-state index >= 15 is 0 Å². The van der Waals surface area contributed by atoms with Gasteiger partial charge in [-0.2, -0.15) is 0 Å². The molecule has 1 aromatic rings. The van der Waals surface area contributed by atoms with E-state index in [1.54, 1.807) is 11.8 Å². The van der Waals surface area contributed by atoms with Crippen LogP contribution in [-0.2, 0) is 15.3 Å². The molecule has 0 saturated carbocycles. The summed E-state index contributed by atoms with van der Waals surface area (Å²) in [6.07, 6.45) is 0.741. The lowest BCUT2D eigenvalue weighted by Gasteiger charge is -2.11. The summed E-state index contributed by atoms with van der Waals surface area (Å²) in [6, 6.07) is 8.26. The molecule has 1 aromatic carbocycles. The first kappa shape index (κ1) is 17.6. The summed E-state index contributed by atoms with van der Waals surface area (Å²) in [5, 5.41) is 11.4. The van der Waals surface area contributed by atoms with E-state index in [0.717, 1.165) is 5.75 Å². The Kier molecular flexibility index (Phi) is 7.90. The highest BCUT2D eigenvalue weighted by atomic mass is 32.2. The predicted octanol–water partition coefficient (Wildman–Crippen LogP) is 2.85. The topological polar surface area (TPSA) is 66.4 Å². The van der Waals surface area contributed by atoms with Gasteiger partial charge in [-0.25, -0.2) is 0 Å². The Balaban J connectivity index is 2.15. The number of carboxylic acids is 1. The fraction of sp³-hybridized carbons (Fsp3) is 0.500. The number of carboxylic acid groups (broad SMARTS) is 1. The Bertz CT molecular complexity index is 476. The number of thioether (sulfide) groups is 1. The summed E-state index contributed by atoms with van der Waals surface area (Å²) in [6.45, 7) is 4.54. The van der Waals surface area contributed by atoms with Crippen LogP contribution in [0.25, 0.3) is 0 Å². The van der Waals surface area contributed by atoms with Crippen LogP contribution in [0.4, 0.5) is 0 Å². The Morgan fingerprint density at radius 1 is 1.38 bits per heavy atom. The molecule has 116 valence electrons. The van der Waals surface area contributed by atoms with E-state index in [-0.39, 0.29) is 18.2 Å². The maximum atomic E-state index is 11.7. The second-order valence-electron chi connectivity index (χ2n) is 5.32. The molecule has 0 fully saturated rings. The Morgan fingerprint density at radius 3 is 2.81 bits per heavy atom. The van der Waals surface area contributed by atoms with Crippen molar-refractivity contribution in [3.63, 3.8) is 0 Å². The Morgan fingerprint density at radius 2 is 2.14 bits per heavy atom. The zero-order valence-electron chi connectivity index (χ0n) is 12.6. The number of amides is 1. The van der Waals surface area contributed by atoms with E-state index in [0.29, 0.717) is 18.7 Å². The number of hydrogen-bond donors (Lipinski definition) is 2. The number of rotatable bonds is 9. The van der Waals surface area contributed by atoms with E-state index in [4.69, 9.17) is 5.11 Å². The molecule has 5 heteroatoms. The van der Waals surface area contributed by atoms with Gasteiger partial charge in [0.15, 0.2) is 0 Å². The van der Waals surface area contributed by atoms with Gasteiger partial charge in [-0.05, 0) is 24.8 Å². The Hall–Kier alpha value is -1.49. The quantitative estimate of drug-likeness (QED) is 0.736. The van der Waals surface area contributed by atoms with E-state index in [1.807, 2.05) is 13.0 Å². The highest BCUT2D eigenvalue weighted by Crippen LogP contribution is 2.13. The van der Waals surface area contributed by atoms with Crippen LogP contribution in [-0.4, -0.2) is 29.3 Å². The number of carbonyl (C=O) groups is 2. The summed E-state index contributed by atoms with van der Waals surface area (Å²) in [5.74, 6) is 0.659. The molecule has 0 aliphatic carbocycles. The van der Waals surface area contributed by atoms with E-state index in [2.05, 4.69) is 30.4 Å². The van der Waals surface area contributed by atoms with Crippen molar-refractivity contribution in [1.82, 2.24) is 5.32 Å². The van der Waals surface area contributed by atoms with Gasteiger partial charge in [-0.3, -0.25) is 9.59 Å². The summed E-state index contributed by atoms with van der Waals surface area (Å²) in [7, 11) is 0. The summed E-state index contributed by atoms with van der Waals surface area (Å²) in [4.78, 5) is 22.1. The number of aliphatic carboxylic acids is 1. The molecule has 2 N–H and O–H groups in total. The first-order valence-corrected chi connectivity index (χ1v) is 8.24. The first-order valence-electron chi connectivity index (χ1n) is 7.09. The molecule has 1 atom stereocenters. The predicted molar refractivity (Wildman–Crippen MR) is 86.4 cm³/mol.